The monoisotopic (exact) mass is 529 g/mol. The molecule has 6 nitrogen and oxygen atoms in total. The van der Waals surface area contributed by atoms with Gasteiger partial charge >= 0.3 is 0 Å². The van der Waals surface area contributed by atoms with Gasteiger partial charge in [0.15, 0.2) is 5.58 Å². The van der Waals surface area contributed by atoms with Gasteiger partial charge in [0.05, 0.1) is 11.3 Å². The number of likely N-dealkylation sites (tertiary alicyclic amines) is 1. The van der Waals surface area contributed by atoms with E-state index in [1.165, 1.54) is 25.8 Å². The predicted molar refractivity (Wildman–Crippen MR) is 148 cm³/mol. The average Bonchev–Trinajstić information content (AvgIpc) is 3.33. The molecule has 1 atom stereocenters. The smallest absolute Gasteiger partial charge is 0.221 e. The Bertz CT molecular complexity index is 1050. The first-order valence-corrected chi connectivity index (χ1v) is 14.8. The lowest BCUT2D eigenvalue weighted by Gasteiger charge is -2.42. The standard InChI is InChI=1S/C30H44ClN3O3/c1-30(36-2)14-9-22(10-15-30)27(29(32)35)21-5-3-20(4-6-21)11-16-34-17-12-23(13-18-34)28-25-8-7-24(31)19-26(25)37-33-28/h7-8,19-23,27H,3-6,9-18H2,1-2H3,(H2,32,35). The number of nitrogens with zero attached hydrogens (tertiary/aromatic N) is 2. The molecule has 0 bridgehead atoms. The van der Waals surface area contributed by atoms with Crippen molar-refractivity contribution in [3.63, 3.8) is 0 Å². The van der Waals surface area contributed by atoms with Crippen molar-refractivity contribution in [3.05, 3.63) is 28.9 Å². The maximum atomic E-state index is 12.5. The summed E-state index contributed by atoms with van der Waals surface area (Å²) in [5, 5.41) is 6.19. The van der Waals surface area contributed by atoms with Gasteiger partial charge in [0.1, 0.15) is 0 Å². The van der Waals surface area contributed by atoms with Crippen LogP contribution in [0.25, 0.3) is 11.0 Å². The quantitative estimate of drug-likeness (QED) is 0.419. The number of fused-ring (bicyclic) bond motifs is 1. The zero-order chi connectivity index (χ0) is 26.0. The zero-order valence-electron chi connectivity index (χ0n) is 22.6. The Morgan fingerprint density at radius 3 is 2.46 bits per heavy atom. The average molecular weight is 530 g/mol. The molecule has 2 saturated carbocycles. The Hall–Kier alpha value is -1.63. The van der Waals surface area contributed by atoms with Crippen LogP contribution in [0.2, 0.25) is 5.02 Å². The third-order valence-electron chi connectivity index (χ3n) is 10.1. The molecule has 2 aliphatic carbocycles. The van der Waals surface area contributed by atoms with Crippen molar-refractivity contribution in [2.75, 3.05) is 26.7 Å². The number of benzene rings is 1. The second-order valence-corrected chi connectivity index (χ2v) is 12.7. The van der Waals surface area contributed by atoms with E-state index in [4.69, 9.17) is 26.6 Å². The van der Waals surface area contributed by atoms with Crippen LogP contribution in [0.5, 0.6) is 0 Å². The molecule has 2 aromatic rings. The first-order valence-electron chi connectivity index (χ1n) is 14.5. The van der Waals surface area contributed by atoms with Crippen LogP contribution >= 0.6 is 11.6 Å². The fourth-order valence-corrected chi connectivity index (χ4v) is 7.68. The molecular formula is C30H44ClN3O3. The molecule has 204 valence electrons. The molecule has 1 aromatic carbocycles. The second kappa shape index (κ2) is 11.6. The van der Waals surface area contributed by atoms with E-state index in [1.807, 2.05) is 25.3 Å². The van der Waals surface area contributed by atoms with Gasteiger partial charge in [-0.15, -0.1) is 0 Å². The van der Waals surface area contributed by atoms with Gasteiger partial charge < -0.3 is 19.9 Å². The van der Waals surface area contributed by atoms with Crippen LogP contribution in [0, 0.1) is 23.7 Å². The molecule has 3 fully saturated rings. The van der Waals surface area contributed by atoms with E-state index in [1.54, 1.807) is 0 Å². The number of carbonyl (C=O) groups is 1. The summed E-state index contributed by atoms with van der Waals surface area (Å²) in [6.07, 6.45) is 12.5. The molecule has 1 aromatic heterocycles. The van der Waals surface area contributed by atoms with Crippen molar-refractivity contribution in [2.45, 2.75) is 89.1 Å². The number of halogens is 1. The number of hydrogen-bond acceptors (Lipinski definition) is 5. The number of piperidine rings is 1. The van der Waals surface area contributed by atoms with Gasteiger partial charge in [0.25, 0.3) is 0 Å². The van der Waals surface area contributed by atoms with Gasteiger partial charge in [-0.1, -0.05) is 29.6 Å². The number of primary amides is 1. The van der Waals surface area contributed by atoms with Crippen molar-refractivity contribution in [1.82, 2.24) is 10.1 Å². The molecule has 3 aliphatic rings. The van der Waals surface area contributed by atoms with Gasteiger partial charge in [-0.2, -0.15) is 0 Å². The third kappa shape index (κ3) is 6.17. The van der Waals surface area contributed by atoms with Crippen LogP contribution in [0.15, 0.2) is 22.7 Å². The minimum atomic E-state index is -0.0691. The molecular weight excluding hydrogens is 486 g/mol. The summed E-state index contributed by atoms with van der Waals surface area (Å²) in [6.45, 7) is 5.61. The van der Waals surface area contributed by atoms with E-state index in [-0.39, 0.29) is 17.4 Å². The lowest BCUT2D eigenvalue weighted by Crippen LogP contribution is -2.42. The van der Waals surface area contributed by atoms with Crippen molar-refractivity contribution in [3.8, 4) is 0 Å². The van der Waals surface area contributed by atoms with Crippen molar-refractivity contribution >= 4 is 28.5 Å². The Kier molecular flexibility index (Phi) is 8.47. The zero-order valence-corrected chi connectivity index (χ0v) is 23.3. The lowest BCUT2D eigenvalue weighted by molar-refractivity contribution is -0.128. The highest BCUT2D eigenvalue weighted by molar-refractivity contribution is 6.31. The minimum absolute atomic E-state index is 0.0258. The van der Waals surface area contributed by atoms with E-state index in [0.29, 0.717) is 22.8 Å². The molecule has 1 saturated heterocycles. The molecule has 1 amide bonds. The number of methoxy groups -OCH3 is 1. The van der Waals surface area contributed by atoms with E-state index < -0.39 is 0 Å². The van der Waals surface area contributed by atoms with Crippen LogP contribution in [0.4, 0.5) is 0 Å². The van der Waals surface area contributed by atoms with E-state index >= 15 is 0 Å². The summed E-state index contributed by atoms with van der Waals surface area (Å²) in [7, 11) is 1.81. The van der Waals surface area contributed by atoms with E-state index in [2.05, 4.69) is 17.0 Å². The van der Waals surface area contributed by atoms with Crippen LogP contribution < -0.4 is 5.73 Å². The fourth-order valence-electron chi connectivity index (χ4n) is 7.52. The summed E-state index contributed by atoms with van der Waals surface area (Å²) >= 11 is 6.10. The summed E-state index contributed by atoms with van der Waals surface area (Å²) in [5.41, 5.74) is 7.84. The molecule has 0 radical (unpaired) electrons. The number of amides is 1. The molecule has 1 unspecified atom stereocenters. The van der Waals surface area contributed by atoms with Crippen LogP contribution in [-0.2, 0) is 9.53 Å². The Morgan fingerprint density at radius 1 is 1.14 bits per heavy atom. The Morgan fingerprint density at radius 2 is 1.81 bits per heavy atom. The van der Waals surface area contributed by atoms with Gasteiger partial charge in [-0.25, -0.2) is 0 Å². The molecule has 37 heavy (non-hydrogen) atoms. The predicted octanol–water partition coefficient (Wildman–Crippen LogP) is 6.55. The Labute approximate surface area is 226 Å². The van der Waals surface area contributed by atoms with Gasteiger partial charge in [-0.3, -0.25) is 4.79 Å². The van der Waals surface area contributed by atoms with Crippen molar-refractivity contribution in [2.24, 2.45) is 29.4 Å². The Balaban J connectivity index is 1.05. The maximum absolute atomic E-state index is 12.5. The number of ether oxygens (including phenoxy) is 1. The van der Waals surface area contributed by atoms with E-state index in [0.717, 1.165) is 87.0 Å². The highest BCUT2D eigenvalue weighted by Gasteiger charge is 2.40. The highest BCUT2D eigenvalue weighted by Crippen LogP contribution is 2.44. The largest absolute Gasteiger partial charge is 0.379 e. The molecule has 1 aliphatic heterocycles. The molecule has 7 heteroatoms. The first kappa shape index (κ1) is 27.0. The molecule has 2 N–H and O–H groups in total. The van der Waals surface area contributed by atoms with Gasteiger partial charge in [0, 0.05) is 35.4 Å². The number of hydrogen-bond donors (Lipinski definition) is 1. The van der Waals surface area contributed by atoms with Crippen molar-refractivity contribution in [1.29, 1.82) is 0 Å². The third-order valence-corrected chi connectivity index (χ3v) is 10.3. The SMILES string of the molecule is COC1(C)CCC(C(C(N)=O)C2CCC(CCN3CCC(c4noc5cc(Cl)ccc45)CC3)CC2)CC1. The summed E-state index contributed by atoms with van der Waals surface area (Å²) < 4.78 is 11.3. The normalized spacial score (nSPS) is 30.9. The van der Waals surface area contributed by atoms with Crippen molar-refractivity contribution < 1.29 is 14.1 Å². The first-order chi connectivity index (χ1) is 17.8. The summed E-state index contributed by atoms with van der Waals surface area (Å²) in [5.74, 6) is 2.11. The lowest BCUT2D eigenvalue weighted by atomic mass is 9.65. The molecule has 0 spiro atoms. The number of aromatic nitrogens is 1. The van der Waals surface area contributed by atoms with Crippen LogP contribution in [0.1, 0.15) is 89.2 Å². The topological polar surface area (TPSA) is 81.6 Å². The van der Waals surface area contributed by atoms with E-state index in [9.17, 15) is 4.79 Å². The molecule has 2 heterocycles. The van der Waals surface area contributed by atoms with Gasteiger partial charge in [0.2, 0.25) is 5.91 Å². The maximum Gasteiger partial charge on any atom is 0.221 e. The van der Waals surface area contributed by atoms with Gasteiger partial charge in [-0.05, 0) is 114 Å². The van der Waals surface area contributed by atoms with Crippen LogP contribution in [0.3, 0.4) is 0 Å². The summed E-state index contributed by atoms with van der Waals surface area (Å²) in [6, 6.07) is 5.82. The number of rotatable bonds is 8. The highest BCUT2D eigenvalue weighted by atomic mass is 35.5. The minimum Gasteiger partial charge on any atom is -0.379 e. The molecule has 5 rings (SSSR count). The number of carbonyl (C=O) groups excluding carboxylic acids is 1. The fraction of sp³-hybridized carbons (Fsp3) is 0.733. The second-order valence-electron chi connectivity index (χ2n) is 12.3. The van der Waals surface area contributed by atoms with Crippen LogP contribution in [-0.4, -0.2) is 48.3 Å². The summed E-state index contributed by atoms with van der Waals surface area (Å²) in [4.78, 5) is 15.1. The number of nitrogens with two attached hydrogens (primary N) is 1.